The first kappa shape index (κ1) is 28.0. The molecule has 10 heteroatoms. The Labute approximate surface area is 218 Å². The first-order valence-corrected chi connectivity index (χ1v) is 14.2. The zero-order valence-corrected chi connectivity index (χ0v) is 23.5. The van der Waals surface area contributed by atoms with E-state index in [4.69, 9.17) is 28.0 Å². The lowest BCUT2D eigenvalue weighted by Crippen LogP contribution is -2.38. The molecule has 0 aromatic heterocycles. The van der Waals surface area contributed by atoms with Gasteiger partial charge in [-0.1, -0.05) is 57.2 Å². The lowest BCUT2D eigenvalue weighted by Gasteiger charge is -2.27. The topological polar surface area (TPSA) is 102 Å². The van der Waals surface area contributed by atoms with Gasteiger partial charge in [-0.15, -0.1) is 0 Å². The van der Waals surface area contributed by atoms with Crippen LogP contribution >= 0.6 is 7.75 Å². The van der Waals surface area contributed by atoms with Crippen LogP contribution in [0.2, 0.25) is 0 Å². The Morgan fingerprint density at radius 2 is 1.78 bits per heavy atom. The summed E-state index contributed by atoms with van der Waals surface area (Å²) in [6.45, 7) is 13.2. The molecule has 6 atom stereocenters. The summed E-state index contributed by atoms with van der Waals surface area (Å²) in [5.41, 5.74) is -0.209. The van der Waals surface area contributed by atoms with Gasteiger partial charge in [0.25, 0.3) is 0 Å². The zero-order valence-electron chi connectivity index (χ0n) is 22.6. The standard InChI is InChI=1S/C27H38NO8P/c1-17(25(29)31-16-26(3,4)5)28-37(30,36-21-14-10-12-19-11-8-9-13-20(19)21)32-15-22-24-23(18(2)33-22)34-27(6,7)35-24/h8-14,17-18,22-24H,15-16H2,1-7H3,(H,28,30)/t17?,18-,22?,23-,24+,37?/m0/s1. The summed E-state index contributed by atoms with van der Waals surface area (Å²) in [6, 6.07) is 12.1. The fraction of sp³-hybridized carbons (Fsp3) is 0.593. The van der Waals surface area contributed by atoms with Crippen molar-refractivity contribution < 1.29 is 37.4 Å². The Kier molecular flexibility index (Phi) is 8.05. The van der Waals surface area contributed by atoms with E-state index in [2.05, 4.69) is 5.09 Å². The van der Waals surface area contributed by atoms with Gasteiger partial charge in [0.1, 0.15) is 30.1 Å². The smallest absolute Gasteiger partial charge is 0.459 e. The predicted molar refractivity (Wildman–Crippen MR) is 139 cm³/mol. The predicted octanol–water partition coefficient (Wildman–Crippen LogP) is 5.22. The van der Waals surface area contributed by atoms with Crippen molar-refractivity contribution in [1.29, 1.82) is 0 Å². The third-order valence-electron chi connectivity index (χ3n) is 6.11. The second kappa shape index (κ2) is 10.6. The van der Waals surface area contributed by atoms with Crippen molar-refractivity contribution in [2.24, 2.45) is 5.41 Å². The molecule has 0 saturated carbocycles. The molecule has 2 aliphatic heterocycles. The minimum absolute atomic E-state index is 0.0935. The van der Waals surface area contributed by atoms with Crippen LogP contribution in [0.25, 0.3) is 10.8 Å². The van der Waals surface area contributed by atoms with Gasteiger partial charge < -0.3 is 23.5 Å². The van der Waals surface area contributed by atoms with Crippen molar-refractivity contribution in [3.05, 3.63) is 42.5 Å². The molecule has 2 aliphatic rings. The van der Waals surface area contributed by atoms with Crippen molar-refractivity contribution in [2.75, 3.05) is 13.2 Å². The molecule has 0 spiro atoms. The van der Waals surface area contributed by atoms with Crippen LogP contribution in [0.4, 0.5) is 0 Å². The van der Waals surface area contributed by atoms with Gasteiger partial charge >= 0.3 is 13.7 Å². The Morgan fingerprint density at radius 3 is 2.51 bits per heavy atom. The summed E-state index contributed by atoms with van der Waals surface area (Å²) >= 11 is 0. The fourth-order valence-electron chi connectivity index (χ4n) is 4.40. The molecule has 1 N–H and O–H groups in total. The summed E-state index contributed by atoms with van der Waals surface area (Å²) in [5.74, 6) is -0.942. The van der Waals surface area contributed by atoms with Crippen LogP contribution in [-0.4, -0.2) is 55.4 Å². The van der Waals surface area contributed by atoms with Crippen LogP contribution in [-0.2, 0) is 32.8 Å². The van der Waals surface area contributed by atoms with Crippen molar-refractivity contribution in [2.45, 2.75) is 84.7 Å². The van der Waals surface area contributed by atoms with E-state index in [1.165, 1.54) is 0 Å². The average Bonchev–Trinajstić information content (AvgIpc) is 3.28. The first-order chi connectivity index (χ1) is 17.3. The van der Waals surface area contributed by atoms with Gasteiger partial charge in [-0.3, -0.25) is 9.32 Å². The number of carbonyl (C=O) groups excluding carboxylic acids is 1. The number of hydrogen-bond donors (Lipinski definition) is 1. The number of ether oxygens (including phenoxy) is 4. The highest BCUT2D eigenvalue weighted by molar-refractivity contribution is 7.52. The Hall–Kier alpha value is -2.00. The molecule has 37 heavy (non-hydrogen) atoms. The summed E-state index contributed by atoms with van der Waals surface area (Å²) in [7, 11) is -4.09. The van der Waals surface area contributed by atoms with Gasteiger partial charge in [0, 0.05) is 5.39 Å². The van der Waals surface area contributed by atoms with E-state index in [-0.39, 0.29) is 36.9 Å². The minimum Gasteiger partial charge on any atom is -0.464 e. The Balaban J connectivity index is 1.53. The maximum Gasteiger partial charge on any atom is 0.459 e. The lowest BCUT2D eigenvalue weighted by atomic mass is 9.99. The lowest BCUT2D eigenvalue weighted by molar-refractivity contribution is -0.187. The molecule has 0 amide bonds. The normalized spacial score (nSPS) is 27.4. The number of rotatable bonds is 9. The summed E-state index contributed by atoms with van der Waals surface area (Å²) in [6.07, 6.45) is -1.40. The summed E-state index contributed by atoms with van der Waals surface area (Å²) < 4.78 is 49.4. The van der Waals surface area contributed by atoms with Crippen LogP contribution in [0.5, 0.6) is 5.75 Å². The molecule has 2 aromatic rings. The van der Waals surface area contributed by atoms with Gasteiger partial charge in [0.2, 0.25) is 0 Å². The molecule has 0 aliphatic carbocycles. The molecule has 2 heterocycles. The first-order valence-electron chi connectivity index (χ1n) is 12.6. The molecule has 0 bridgehead atoms. The van der Waals surface area contributed by atoms with Crippen LogP contribution in [0.15, 0.2) is 42.5 Å². The van der Waals surface area contributed by atoms with Crippen LogP contribution in [0.3, 0.4) is 0 Å². The zero-order chi connectivity index (χ0) is 27.0. The Bertz CT molecular complexity index is 1160. The molecule has 2 fully saturated rings. The van der Waals surface area contributed by atoms with Gasteiger partial charge in [0.05, 0.1) is 19.3 Å². The second-order valence-electron chi connectivity index (χ2n) is 11.3. The molecule has 2 aromatic carbocycles. The van der Waals surface area contributed by atoms with Crippen molar-refractivity contribution in [3.63, 3.8) is 0 Å². The number of fused-ring (bicyclic) bond motifs is 2. The number of carbonyl (C=O) groups is 1. The molecule has 204 valence electrons. The number of hydrogen-bond acceptors (Lipinski definition) is 8. The highest BCUT2D eigenvalue weighted by atomic mass is 31.2. The summed E-state index contributed by atoms with van der Waals surface area (Å²) in [5, 5.41) is 4.44. The maximum absolute atomic E-state index is 14.1. The van der Waals surface area contributed by atoms with Gasteiger partial charge in [-0.05, 0) is 44.6 Å². The Morgan fingerprint density at radius 1 is 1.11 bits per heavy atom. The van der Waals surface area contributed by atoms with Crippen molar-refractivity contribution in [1.82, 2.24) is 5.09 Å². The molecule has 2 saturated heterocycles. The molecular formula is C27H38NO8P. The van der Waals surface area contributed by atoms with Gasteiger partial charge in [0.15, 0.2) is 5.79 Å². The number of nitrogens with one attached hydrogen (secondary N) is 1. The van der Waals surface area contributed by atoms with E-state index in [1.54, 1.807) is 19.1 Å². The average molecular weight is 536 g/mol. The van der Waals surface area contributed by atoms with E-state index in [9.17, 15) is 9.36 Å². The van der Waals surface area contributed by atoms with Gasteiger partial charge in [-0.25, -0.2) is 4.57 Å². The molecule has 4 rings (SSSR count). The van der Waals surface area contributed by atoms with E-state index < -0.39 is 31.6 Å². The molecule has 0 radical (unpaired) electrons. The van der Waals surface area contributed by atoms with Crippen molar-refractivity contribution >= 4 is 24.5 Å². The van der Waals surface area contributed by atoms with E-state index in [1.807, 2.05) is 71.9 Å². The summed E-state index contributed by atoms with van der Waals surface area (Å²) in [4.78, 5) is 12.7. The maximum atomic E-state index is 14.1. The highest BCUT2D eigenvalue weighted by Gasteiger charge is 2.54. The third-order valence-corrected chi connectivity index (χ3v) is 7.74. The number of esters is 1. The van der Waals surface area contributed by atoms with Crippen molar-refractivity contribution in [3.8, 4) is 5.75 Å². The third kappa shape index (κ3) is 6.91. The highest BCUT2D eigenvalue weighted by Crippen LogP contribution is 2.48. The fourth-order valence-corrected chi connectivity index (χ4v) is 5.92. The van der Waals surface area contributed by atoms with Gasteiger partial charge in [-0.2, -0.15) is 5.09 Å². The monoisotopic (exact) mass is 535 g/mol. The quantitative estimate of drug-likeness (QED) is 0.342. The van der Waals surface area contributed by atoms with E-state index in [0.29, 0.717) is 5.75 Å². The second-order valence-corrected chi connectivity index (χ2v) is 13.0. The van der Waals surface area contributed by atoms with E-state index >= 15 is 0 Å². The minimum atomic E-state index is -4.09. The molecule has 9 nitrogen and oxygen atoms in total. The van der Waals surface area contributed by atoms with Crippen LogP contribution in [0, 0.1) is 5.41 Å². The van der Waals surface area contributed by atoms with Crippen LogP contribution in [0.1, 0.15) is 48.5 Å². The number of benzene rings is 2. The molecule has 3 unspecified atom stereocenters. The van der Waals surface area contributed by atoms with E-state index in [0.717, 1.165) is 10.8 Å². The SMILES string of the molecule is CC(NP(=O)(OCC1O[C@@H](C)[C@@H]2OC(C)(C)O[C@H]12)Oc1cccc2ccccc12)C(=O)OCC(C)(C)C. The largest absolute Gasteiger partial charge is 0.464 e. The van der Waals surface area contributed by atoms with Crippen LogP contribution < -0.4 is 9.61 Å². The molecular weight excluding hydrogens is 497 g/mol.